The summed E-state index contributed by atoms with van der Waals surface area (Å²) in [6, 6.07) is 13.4. The van der Waals surface area contributed by atoms with Gasteiger partial charge in [0.2, 0.25) is 0 Å². The summed E-state index contributed by atoms with van der Waals surface area (Å²) in [6.07, 6.45) is 3.71. The summed E-state index contributed by atoms with van der Waals surface area (Å²) in [5.74, 6) is -0.348. The predicted octanol–water partition coefficient (Wildman–Crippen LogP) is 4.38. The molecule has 0 radical (unpaired) electrons. The zero-order valence-electron chi connectivity index (χ0n) is 14.2. The Kier molecular flexibility index (Phi) is 6.35. The highest BCUT2D eigenvalue weighted by atomic mass is 35.5. The first-order valence-electron chi connectivity index (χ1n) is 8.13. The first-order valence-corrected chi connectivity index (χ1v) is 9.73. The summed E-state index contributed by atoms with van der Waals surface area (Å²) >= 11 is 13.1. The lowest BCUT2D eigenvalue weighted by atomic mass is 10.2. The summed E-state index contributed by atoms with van der Waals surface area (Å²) in [5.41, 5.74) is 0.937. The molecule has 1 aromatic carbocycles. The second-order valence-corrected chi connectivity index (χ2v) is 7.51. The van der Waals surface area contributed by atoms with Gasteiger partial charge in [0, 0.05) is 35.6 Å². The molecule has 1 amide bonds. The van der Waals surface area contributed by atoms with E-state index in [9.17, 15) is 4.79 Å². The summed E-state index contributed by atoms with van der Waals surface area (Å²) in [6.45, 7) is 0.861. The van der Waals surface area contributed by atoms with E-state index in [0.29, 0.717) is 29.4 Å². The fourth-order valence-corrected chi connectivity index (χ4v) is 4.20. The normalized spacial score (nSPS) is 10.4. The van der Waals surface area contributed by atoms with Gasteiger partial charge in [-0.05, 0) is 29.9 Å². The molecule has 0 atom stereocenters. The van der Waals surface area contributed by atoms with Crippen LogP contribution in [0.5, 0.6) is 0 Å². The van der Waals surface area contributed by atoms with Crippen molar-refractivity contribution in [1.29, 1.82) is 5.26 Å². The van der Waals surface area contributed by atoms with Gasteiger partial charge in [0.15, 0.2) is 5.11 Å². The molecule has 0 saturated carbocycles. The number of benzene rings is 1. The quantitative estimate of drug-likeness (QED) is 0.627. The molecule has 0 spiro atoms. The second-order valence-electron chi connectivity index (χ2n) is 5.69. The van der Waals surface area contributed by atoms with Gasteiger partial charge in [-0.3, -0.25) is 15.1 Å². The number of carbonyl (C=O) groups is 1. The molecule has 0 fully saturated rings. The Hall–Kier alpha value is -2.53. The maximum absolute atomic E-state index is 12.7. The van der Waals surface area contributed by atoms with Gasteiger partial charge in [-0.1, -0.05) is 35.9 Å². The molecule has 0 unspecified atom stereocenters. The first kappa shape index (κ1) is 19.2. The zero-order chi connectivity index (χ0) is 19.2. The van der Waals surface area contributed by atoms with Crippen LogP contribution in [0, 0.1) is 11.3 Å². The number of hydrogen-bond acceptors (Lipinski definition) is 5. The molecule has 8 heteroatoms. The van der Waals surface area contributed by atoms with Crippen molar-refractivity contribution in [2.75, 3.05) is 6.54 Å². The Labute approximate surface area is 171 Å². The molecule has 0 aliphatic carbocycles. The second kappa shape index (κ2) is 8.91. The molecule has 0 aliphatic heterocycles. The van der Waals surface area contributed by atoms with Crippen LogP contribution in [0.25, 0.3) is 10.1 Å². The number of halogens is 1. The fourth-order valence-electron chi connectivity index (χ4n) is 2.54. The largest absolute Gasteiger partial charge is 0.344 e. The average molecular weight is 415 g/mol. The van der Waals surface area contributed by atoms with Crippen molar-refractivity contribution in [1.82, 2.24) is 15.2 Å². The molecule has 2 aromatic heterocycles. The molecule has 0 saturated heterocycles. The van der Waals surface area contributed by atoms with E-state index in [1.54, 1.807) is 17.3 Å². The number of thiocarbonyl (C=S) groups is 1. The number of hydrogen-bond donors (Lipinski definition) is 1. The van der Waals surface area contributed by atoms with Crippen molar-refractivity contribution >= 4 is 56.3 Å². The van der Waals surface area contributed by atoms with Gasteiger partial charge < -0.3 is 4.90 Å². The highest BCUT2D eigenvalue weighted by Crippen LogP contribution is 2.35. The van der Waals surface area contributed by atoms with Gasteiger partial charge in [-0.15, -0.1) is 11.3 Å². The number of carbonyl (C=O) groups excluding carboxylic acids is 1. The highest BCUT2D eigenvalue weighted by molar-refractivity contribution is 7.80. The minimum Gasteiger partial charge on any atom is -0.344 e. The number of nitriles is 1. The summed E-state index contributed by atoms with van der Waals surface area (Å²) in [7, 11) is 0. The minimum absolute atomic E-state index is 0.257. The van der Waals surface area contributed by atoms with Crippen LogP contribution in [0.4, 0.5) is 0 Å². The molecule has 3 rings (SSSR count). The predicted molar refractivity (Wildman–Crippen MR) is 112 cm³/mol. The number of amides is 1. The van der Waals surface area contributed by atoms with E-state index in [4.69, 9.17) is 29.1 Å². The zero-order valence-corrected chi connectivity index (χ0v) is 16.6. The summed E-state index contributed by atoms with van der Waals surface area (Å²) in [5, 5.41) is 13.2. The van der Waals surface area contributed by atoms with Crippen molar-refractivity contribution in [3.8, 4) is 6.07 Å². The van der Waals surface area contributed by atoms with Crippen molar-refractivity contribution in [3.63, 3.8) is 0 Å². The number of pyridine rings is 1. The smallest absolute Gasteiger partial charge is 0.269 e. The number of nitrogens with zero attached hydrogens (tertiary/aromatic N) is 3. The Bertz CT molecular complexity index is 1010. The molecule has 3 aromatic rings. The number of thiophene rings is 1. The van der Waals surface area contributed by atoms with Crippen LogP contribution in [0.3, 0.4) is 0 Å². The molecule has 0 aliphatic rings. The van der Waals surface area contributed by atoms with E-state index < -0.39 is 0 Å². The Balaban J connectivity index is 1.76. The number of fused-ring (bicyclic) bond motifs is 1. The molecule has 1 N–H and O–H groups in total. The summed E-state index contributed by atoms with van der Waals surface area (Å²) < 4.78 is 0.940. The lowest BCUT2D eigenvalue weighted by Gasteiger charge is -2.24. The standard InChI is InChI=1S/C19H15ClN4OS2/c20-16-14-6-1-2-7-15(14)27-17(16)18(25)23-19(26)24(10-4-8-21)12-13-5-3-9-22-11-13/h1-3,5-7,9,11H,4,10,12H2,(H,23,25,26). The van der Waals surface area contributed by atoms with Crippen molar-refractivity contribution in [3.05, 3.63) is 64.3 Å². The van der Waals surface area contributed by atoms with Gasteiger partial charge in [0.25, 0.3) is 5.91 Å². The lowest BCUT2D eigenvalue weighted by molar-refractivity contribution is 0.0977. The van der Waals surface area contributed by atoms with Gasteiger partial charge in [0.05, 0.1) is 17.5 Å². The topological polar surface area (TPSA) is 69.0 Å². The van der Waals surface area contributed by atoms with E-state index >= 15 is 0 Å². The SMILES string of the molecule is N#CCCN(Cc1cccnc1)C(=S)NC(=O)c1sc2ccccc2c1Cl. The first-order chi connectivity index (χ1) is 13.1. The molecule has 136 valence electrons. The number of rotatable bonds is 5. The molecular formula is C19H15ClN4OS2. The molecular weight excluding hydrogens is 400 g/mol. The van der Waals surface area contributed by atoms with Gasteiger partial charge >= 0.3 is 0 Å². The summed E-state index contributed by atoms with van der Waals surface area (Å²) in [4.78, 5) is 19.0. The number of nitrogens with one attached hydrogen (secondary N) is 1. The van der Waals surface area contributed by atoms with Gasteiger partial charge in [0.1, 0.15) is 4.88 Å². The van der Waals surface area contributed by atoms with Crippen molar-refractivity contribution in [2.24, 2.45) is 0 Å². The van der Waals surface area contributed by atoms with E-state index in [1.165, 1.54) is 11.3 Å². The van der Waals surface area contributed by atoms with Crippen molar-refractivity contribution in [2.45, 2.75) is 13.0 Å². The van der Waals surface area contributed by atoms with Crippen LogP contribution in [0.1, 0.15) is 21.7 Å². The van der Waals surface area contributed by atoms with Crippen LogP contribution >= 0.6 is 35.2 Å². The maximum atomic E-state index is 12.7. The number of aromatic nitrogens is 1. The highest BCUT2D eigenvalue weighted by Gasteiger charge is 2.20. The molecule has 0 bridgehead atoms. The van der Waals surface area contributed by atoms with E-state index in [-0.39, 0.29) is 11.0 Å². The fraction of sp³-hybridized carbons (Fsp3) is 0.158. The molecule has 27 heavy (non-hydrogen) atoms. The Morgan fingerprint density at radius 1 is 1.33 bits per heavy atom. The van der Waals surface area contributed by atoms with Gasteiger partial charge in [-0.25, -0.2) is 0 Å². The van der Waals surface area contributed by atoms with Crippen LogP contribution in [0.2, 0.25) is 5.02 Å². The third-order valence-electron chi connectivity index (χ3n) is 3.84. The molecule has 5 nitrogen and oxygen atoms in total. The van der Waals surface area contributed by atoms with E-state index in [0.717, 1.165) is 15.6 Å². The van der Waals surface area contributed by atoms with Crippen LogP contribution < -0.4 is 5.32 Å². The van der Waals surface area contributed by atoms with Crippen molar-refractivity contribution < 1.29 is 4.79 Å². The Morgan fingerprint density at radius 2 is 2.15 bits per heavy atom. The van der Waals surface area contributed by atoms with Gasteiger partial charge in [-0.2, -0.15) is 5.26 Å². The molecule has 2 heterocycles. The Morgan fingerprint density at radius 3 is 2.85 bits per heavy atom. The average Bonchev–Trinajstić information content (AvgIpc) is 3.03. The lowest BCUT2D eigenvalue weighted by Crippen LogP contribution is -2.42. The van der Waals surface area contributed by atoms with Crippen LogP contribution in [0.15, 0.2) is 48.8 Å². The third-order valence-corrected chi connectivity index (χ3v) is 5.87. The third kappa shape index (κ3) is 4.61. The minimum atomic E-state index is -0.348. The monoisotopic (exact) mass is 414 g/mol. The maximum Gasteiger partial charge on any atom is 0.269 e. The van der Waals surface area contributed by atoms with E-state index in [1.807, 2.05) is 36.4 Å². The van der Waals surface area contributed by atoms with Crippen LogP contribution in [-0.2, 0) is 6.54 Å². The van der Waals surface area contributed by atoms with E-state index in [2.05, 4.69) is 16.4 Å². The van der Waals surface area contributed by atoms with Crippen LogP contribution in [-0.4, -0.2) is 27.4 Å².